The maximum absolute atomic E-state index is 11.4. The quantitative estimate of drug-likeness (QED) is 0.792. The van der Waals surface area contributed by atoms with Gasteiger partial charge in [0.1, 0.15) is 5.82 Å². The molecule has 0 fully saturated rings. The SMILES string of the molecule is Cc1cc(=O)[nH]c(-c2c(C)cccc2C)n1. The molecule has 0 atom stereocenters. The summed E-state index contributed by atoms with van der Waals surface area (Å²) >= 11 is 0. The minimum Gasteiger partial charge on any atom is -0.306 e. The molecule has 0 saturated heterocycles. The molecule has 1 heterocycles. The molecule has 82 valence electrons. The zero-order valence-corrected chi connectivity index (χ0v) is 9.66. The van der Waals surface area contributed by atoms with E-state index in [1.54, 1.807) is 0 Å². The lowest BCUT2D eigenvalue weighted by molar-refractivity contribution is 1.07. The topological polar surface area (TPSA) is 45.8 Å². The largest absolute Gasteiger partial charge is 0.306 e. The third kappa shape index (κ3) is 1.89. The van der Waals surface area contributed by atoms with Crippen LogP contribution in [0, 0.1) is 20.8 Å². The van der Waals surface area contributed by atoms with Gasteiger partial charge >= 0.3 is 0 Å². The highest BCUT2D eigenvalue weighted by atomic mass is 16.1. The minimum absolute atomic E-state index is 0.106. The molecular weight excluding hydrogens is 200 g/mol. The first-order valence-electron chi connectivity index (χ1n) is 5.22. The van der Waals surface area contributed by atoms with Gasteiger partial charge in [-0.1, -0.05) is 18.2 Å². The summed E-state index contributed by atoms with van der Waals surface area (Å²) in [5.41, 5.74) is 3.89. The molecule has 0 aliphatic rings. The molecule has 3 nitrogen and oxygen atoms in total. The first-order valence-corrected chi connectivity index (χ1v) is 5.22. The van der Waals surface area contributed by atoms with Crippen molar-refractivity contribution in [2.75, 3.05) is 0 Å². The predicted molar refractivity (Wildman–Crippen MR) is 64.5 cm³/mol. The van der Waals surface area contributed by atoms with Gasteiger partial charge in [-0.05, 0) is 31.9 Å². The number of rotatable bonds is 1. The standard InChI is InChI=1S/C13H14N2O/c1-8-5-4-6-9(2)12(8)13-14-10(3)7-11(16)15-13/h4-7H,1-3H3,(H,14,15,16). The molecule has 0 aliphatic heterocycles. The monoisotopic (exact) mass is 214 g/mol. The Labute approximate surface area is 94.2 Å². The van der Waals surface area contributed by atoms with Crippen LogP contribution in [0.1, 0.15) is 16.8 Å². The fourth-order valence-electron chi connectivity index (χ4n) is 1.89. The summed E-state index contributed by atoms with van der Waals surface area (Å²) in [6.07, 6.45) is 0. The van der Waals surface area contributed by atoms with Crippen LogP contribution in [0.3, 0.4) is 0 Å². The van der Waals surface area contributed by atoms with Gasteiger partial charge in [-0.2, -0.15) is 0 Å². The van der Waals surface area contributed by atoms with Crippen molar-refractivity contribution >= 4 is 0 Å². The summed E-state index contributed by atoms with van der Waals surface area (Å²) in [7, 11) is 0. The highest BCUT2D eigenvalue weighted by Gasteiger charge is 2.07. The number of aryl methyl sites for hydroxylation is 3. The second-order valence-corrected chi connectivity index (χ2v) is 4.00. The molecule has 0 radical (unpaired) electrons. The molecule has 0 bridgehead atoms. The van der Waals surface area contributed by atoms with Crippen molar-refractivity contribution in [2.24, 2.45) is 0 Å². The first kappa shape index (κ1) is 10.6. The van der Waals surface area contributed by atoms with Crippen LogP contribution in [-0.2, 0) is 0 Å². The molecule has 16 heavy (non-hydrogen) atoms. The smallest absolute Gasteiger partial charge is 0.251 e. The van der Waals surface area contributed by atoms with Crippen molar-refractivity contribution in [3.8, 4) is 11.4 Å². The molecule has 0 amide bonds. The van der Waals surface area contributed by atoms with Gasteiger partial charge in [0.15, 0.2) is 0 Å². The number of nitrogens with zero attached hydrogens (tertiary/aromatic N) is 1. The van der Waals surface area contributed by atoms with E-state index in [1.807, 2.05) is 39.0 Å². The van der Waals surface area contributed by atoms with Crippen LogP contribution in [0.4, 0.5) is 0 Å². The third-order valence-corrected chi connectivity index (χ3v) is 2.59. The minimum atomic E-state index is -0.106. The average molecular weight is 214 g/mol. The van der Waals surface area contributed by atoms with Gasteiger partial charge in [0.05, 0.1) is 0 Å². The molecule has 2 aromatic rings. The Bertz CT molecular complexity index is 564. The van der Waals surface area contributed by atoms with Gasteiger partial charge in [-0.3, -0.25) is 4.79 Å². The molecule has 0 saturated carbocycles. The molecule has 2 rings (SSSR count). The molecular formula is C13H14N2O. The summed E-state index contributed by atoms with van der Waals surface area (Å²) in [6.45, 7) is 5.86. The van der Waals surface area contributed by atoms with E-state index < -0.39 is 0 Å². The zero-order valence-electron chi connectivity index (χ0n) is 9.66. The van der Waals surface area contributed by atoms with Crippen LogP contribution in [0.15, 0.2) is 29.1 Å². The lowest BCUT2D eigenvalue weighted by atomic mass is 10.0. The van der Waals surface area contributed by atoms with Crippen molar-refractivity contribution in [3.63, 3.8) is 0 Å². The summed E-state index contributed by atoms with van der Waals surface area (Å²) < 4.78 is 0. The maximum Gasteiger partial charge on any atom is 0.251 e. The van der Waals surface area contributed by atoms with E-state index in [0.717, 1.165) is 22.4 Å². The Morgan fingerprint density at radius 2 is 1.75 bits per heavy atom. The van der Waals surface area contributed by atoms with Gasteiger partial charge in [-0.25, -0.2) is 4.98 Å². The van der Waals surface area contributed by atoms with Crippen LogP contribution < -0.4 is 5.56 Å². The van der Waals surface area contributed by atoms with Crippen molar-refractivity contribution in [2.45, 2.75) is 20.8 Å². The Balaban J connectivity index is 2.72. The van der Waals surface area contributed by atoms with Crippen LogP contribution in [-0.4, -0.2) is 9.97 Å². The molecule has 1 N–H and O–H groups in total. The zero-order chi connectivity index (χ0) is 11.7. The van der Waals surface area contributed by atoms with Crippen LogP contribution >= 0.6 is 0 Å². The third-order valence-electron chi connectivity index (χ3n) is 2.59. The first-order chi connectivity index (χ1) is 7.58. The summed E-state index contributed by atoms with van der Waals surface area (Å²) in [5.74, 6) is 0.653. The number of nitrogens with one attached hydrogen (secondary N) is 1. The van der Waals surface area contributed by atoms with E-state index in [2.05, 4.69) is 9.97 Å². The Morgan fingerprint density at radius 3 is 2.31 bits per heavy atom. The number of hydrogen-bond acceptors (Lipinski definition) is 2. The lowest BCUT2D eigenvalue weighted by Gasteiger charge is -2.08. The van der Waals surface area contributed by atoms with E-state index in [-0.39, 0.29) is 5.56 Å². The van der Waals surface area contributed by atoms with Gasteiger partial charge < -0.3 is 4.98 Å². The fraction of sp³-hybridized carbons (Fsp3) is 0.231. The van der Waals surface area contributed by atoms with E-state index in [0.29, 0.717) is 5.82 Å². The summed E-state index contributed by atoms with van der Waals surface area (Å²) in [4.78, 5) is 18.6. The number of H-pyrrole nitrogens is 1. The van der Waals surface area contributed by atoms with Crippen LogP contribution in [0.5, 0.6) is 0 Å². The van der Waals surface area contributed by atoms with Crippen molar-refractivity contribution in [1.29, 1.82) is 0 Å². The van der Waals surface area contributed by atoms with Crippen molar-refractivity contribution in [3.05, 3.63) is 51.4 Å². The maximum atomic E-state index is 11.4. The van der Waals surface area contributed by atoms with E-state index >= 15 is 0 Å². The van der Waals surface area contributed by atoms with Gasteiger partial charge in [0, 0.05) is 17.3 Å². The van der Waals surface area contributed by atoms with E-state index in [9.17, 15) is 4.79 Å². The summed E-state index contributed by atoms with van der Waals surface area (Å²) in [6, 6.07) is 7.54. The second-order valence-electron chi connectivity index (χ2n) is 4.00. The van der Waals surface area contributed by atoms with Crippen molar-refractivity contribution in [1.82, 2.24) is 9.97 Å². The normalized spacial score (nSPS) is 10.4. The molecule has 3 heteroatoms. The molecule has 0 spiro atoms. The number of aromatic nitrogens is 2. The lowest BCUT2D eigenvalue weighted by Crippen LogP contribution is -2.09. The Morgan fingerprint density at radius 1 is 1.12 bits per heavy atom. The highest BCUT2D eigenvalue weighted by Crippen LogP contribution is 2.22. The average Bonchev–Trinajstić information content (AvgIpc) is 2.15. The predicted octanol–water partition coefficient (Wildman–Crippen LogP) is 2.36. The van der Waals surface area contributed by atoms with Crippen LogP contribution in [0.2, 0.25) is 0 Å². The highest BCUT2D eigenvalue weighted by molar-refractivity contribution is 5.64. The summed E-state index contributed by atoms with van der Waals surface area (Å²) in [5, 5.41) is 0. The number of aromatic amines is 1. The molecule has 1 aromatic heterocycles. The van der Waals surface area contributed by atoms with Crippen molar-refractivity contribution < 1.29 is 0 Å². The molecule has 0 aliphatic carbocycles. The van der Waals surface area contributed by atoms with Crippen LogP contribution in [0.25, 0.3) is 11.4 Å². The number of hydrogen-bond donors (Lipinski definition) is 1. The van der Waals surface area contributed by atoms with E-state index in [1.165, 1.54) is 6.07 Å². The van der Waals surface area contributed by atoms with Gasteiger partial charge in [0.25, 0.3) is 5.56 Å². The number of benzene rings is 1. The second kappa shape index (κ2) is 3.93. The Hall–Kier alpha value is -1.90. The van der Waals surface area contributed by atoms with Gasteiger partial charge in [0.2, 0.25) is 0 Å². The molecule has 0 unspecified atom stereocenters. The van der Waals surface area contributed by atoms with Gasteiger partial charge in [-0.15, -0.1) is 0 Å². The fourth-order valence-corrected chi connectivity index (χ4v) is 1.89. The van der Waals surface area contributed by atoms with E-state index in [4.69, 9.17) is 0 Å². The molecule has 1 aromatic carbocycles. The Kier molecular flexibility index (Phi) is 2.60.